The Hall–Kier alpha value is -1.78. The van der Waals surface area contributed by atoms with E-state index >= 15 is 0 Å². The number of pyridine rings is 1. The third-order valence-corrected chi connectivity index (χ3v) is 3.26. The molecule has 2 rings (SSSR count). The fourth-order valence-corrected chi connectivity index (χ4v) is 2.10. The number of hydrogen-bond donors (Lipinski definition) is 2. The van der Waals surface area contributed by atoms with E-state index in [2.05, 4.69) is 58.4 Å². The maximum absolute atomic E-state index is 4.51. The number of nitrogens with zero attached hydrogens (tertiary/aromatic N) is 3. The van der Waals surface area contributed by atoms with Crippen molar-refractivity contribution in [1.82, 2.24) is 15.6 Å². The van der Waals surface area contributed by atoms with Gasteiger partial charge in [0.1, 0.15) is 5.82 Å². The van der Waals surface area contributed by atoms with Gasteiger partial charge in [-0.15, -0.1) is 0 Å². The van der Waals surface area contributed by atoms with Gasteiger partial charge < -0.3 is 15.5 Å². The van der Waals surface area contributed by atoms with Gasteiger partial charge in [-0.25, -0.2) is 4.98 Å². The van der Waals surface area contributed by atoms with Crippen LogP contribution in [0.4, 0.5) is 5.82 Å². The number of aromatic nitrogens is 1. The van der Waals surface area contributed by atoms with Gasteiger partial charge in [-0.05, 0) is 32.4 Å². The summed E-state index contributed by atoms with van der Waals surface area (Å²) in [4.78, 5) is 11.1. The van der Waals surface area contributed by atoms with Crippen molar-refractivity contribution in [3.8, 4) is 0 Å². The van der Waals surface area contributed by atoms with Gasteiger partial charge in [0.15, 0.2) is 5.96 Å². The Morgan fingerprint density at radius 2 is 2.16 bits per heavy atom. The van der Waals surface area contributed by atoms with E-state index in [-0.39, 0.29) is 0 Å². The molecule has 1 unspecified atom stereocenters. The highest BCUT2D eigenvalue weighted by Crippen LogP contribution is 2.10. The number of guanidine groups is 1. The maximum atomic E-state index is 4.51. The van der Waals surface area contributed by atoms with Crippen molar-refractivity contribution in [1.29, 1.82) is 0 Å². The van der Waals surface area contributed by atoms with Gasteiger partial charge in [-0.1, -0.05) is 6.07 Å². The third-order valence-electron chi connectivity index (χ3n) is 3.26. The van der Waals surface area contributed by atoms with Crippen LogP contribution in [0, 0.1) is 0 Å². The molecule has 5 heteroatoms. The van der Waals surface area contributed by atoms with Crippen molar-refractivity contribution in [3.05, 3.63) is 23.9 Å². The maximum Gasteiger partial charge on any atom is 0.191 e. The second-order valence-corrected chi connectivity index (χ2v) is 4.79. The van der Waals surface area contributed by atoms with Gasteiger partial charge in [0, 0.05) is 31.9 Å². The molecule has 2 N–H and O–H groups in total. The molecule has 104 valence electrons. The van der Waals surface area contributed by atoms with E-state index in [0.29, 0.717) is 6.04 Å². The topological polar surface area (TPSA) is 52.5 Å². The molecule has 0 aromatic carbocycles. The van der Waals surface area contributed by atoms with E-state index in [9.17, 15) is 0 Å². The molecule has 1 atom stereocenters. The van der Waals surface area contributed by atoms with E-state index < -0.39 is 0 Å². The molecule has 2 heterocycles. The summed E-state index contributed by atoms with van der Waals surface area (Å²) < 4.78 is 0. The summed E-state index contributed by atoms with van der Waals surface area (Å²) in [5, 5.41) is 6.57. The SMILES string of the molecule is CCN(CC)c1ccc(CNC2=NCC(C)N2)cn1. The fraction of sp³-hybridized carbons (Fsp3) is 0.571. The zero-order valence-electron chi connectivity index (χ0n) is 12.0. The lowest BCUT2D eigenvalue weighted by molar-refractivity contribution is 0.713. The molecule has 0 spiro atoms. The molecular weight excluding hydrogens is 238 g/mol. The van der Waals surface area contributed by atoms with E-state index in [1.165, 1.54) is 5.56 Å². The Labute approximate surface area is 115 Å². The quantitative estimate of drug-likeness (QED) is 0.840. The van der Waals surface area contributed by atoms with Crippen molar-refractivity contribution in [3.63, 3.8) is 0 Å². The molecule has 1 aliphatic rings. The van der Waals surface area contributed by atoms with Crippen molar-refractivity contribution in [2.45, 2.75) is 33.4 Å². The normalized spacial score (nSPS) is 17.8. The van der Waals surface area contributed by atoms with Crippen molar-refractivity contribution in [2.75, 3.05) is 24.5 Å². The first-order chi connectivity index (χ1) is 9.22. The molecule has 1 aromatic heterocycles. The first-order valence-corrected chi connectivity index (χ1v) is 6.97. The monoisotopic (exact) mass is 261 g/mol. The lowest BCUT2D eigenvalue weighted by Gasteiger charge is -2.19. The zero-order valence-corrected chi connectivity index (χ0v) is 12.0. The van der Waals surface area contributed by atoms with Crippen LogP contribution < -0.4 is 15.5 Å². The molecule has 0 saturated heterocycles. The zero-order chi connectivity index (χ0) is 13.7. The van der Waals surface area contributed by atoms with Crippen LogP contribution in [0.5, 0.6) is 0 Å². The van der Waals surface area contributed by atoms with Gasteiger partial charge >= 0.3 is 0 Å². The predicted molar refractivity (Wildman–Crippen MR) is 79.5 cm³/mol. The highest BCUT2D eigenvalue weighted by molar-refractivity contribution is 5.81. The summed E-state index contributed by atoms with van der Waals surface area (Å²) in [7, 11) is 0. The number of hydrogen-bond acceptors (Lipinski definition) is 5. The van der Waals surface area contributed by atoms with Crippen LogP contribution in [-0.4, -0.2) is 36.6 Å². The number of anilines is 1. The van der Waals surface area contributed by atoms with Crippen molar-refractivity contribution in [2.24, 2.45) is 4.99 Å². The van der Waals surface area contributed by atoms with Crippen LogP contribution in [0.25, 0.3) is 0 Å². The minimum atomic E-state index is 0.436. The van der Waals surface area contributed by atoms with E-state index in [1.54, 1.807) is 0 Å². The summed E-state index contributed by atoms with van der Waals surface area (Å²) in [6.45, 7) is 9.99. The van der Waals surface area contributed by atoms with Crippen LogP contribution in [0.2, 0.25) is 0 Å². The molecule has 0 fully saturated rings. The molecule has 5 nitrogen and oxygen atoms in total. The molecule has 1 aliphatic heterocycles. The first-order valence-electron chi connectivity index (χ1n) is 6.97. The average Bonchev–Trinajstić information content (AvgIpc) is 2.85. The molecular formula is C14H23N5. The van der Waals surface area contributed by atoms with Gasteiger partial charge in [0.05, 0.1) is 6.54 Å². The Balaban J connectivity index is 1.88. The minimum absolute atomic E-state index is 0.436. The fourth-order valence-electron chi connectivity index (χ4n) is 2.10. The highest BCUT2D eigenvalue weighted by Gasteiger charge is 2.11. The molecule has 0 saturated carbocycles. The van der Waals surface area contributed by atoms with Gasteiger partial charge in [0.25, 0.3) is 0 Å². The lowest BCUT2D eigenvalue weighted by Crippen LogP contribution is -2.37. The second kappa shape index (κ2) is 6.41. The summed E-state index contributed by atoms with van der Waals surface area (Å²) >= 11 is 0. The van der Waals surface area contributed by atoms with Crippen molar-refractivity contribution < 1.29 is 0 Å². The number of nitrogens with one attached hydrogen (secondary N) is 2. The summed E-state index contributed by atoms with van der Waals surface area (Å²) in [6.07, 6.45) is 1.93. The Kier molecular flexibility index (Phi) is 4.60. The average molecular weight is 261 g/mol. The van der Waals surface area contributed by atoms with Crippen LogP contribution in [0.1, 0.15) is 26.3 Å². The first kappa shape index (κ1) is 13.6. The van der Waals surface area contributed by atoms with Crippen LogP contribution in [0.15, 0.2) is 23.3 Å². The minimum Gasteiger partial charge on any atom is -0.357 e. The number of aliphatic imine (C=N–C) groups is 1. The predicted octanol–water partition coefficient (Wildman–Crippen LogP) is 1.37. The highest BCUT2D eigenvalue weighted by atomic mass is 15.2. The lowest BCUT2D eigenvalue weighted by atomic mass is 10.2. The summed E-state index contributed by atoms with van der Waals surface area (Å²) in [5.41, 5.74) is 1.17. The summed E-state index contributed by atoms with van der Waals surface area (Å²) in [6, 6.07) is 4.63. The molecule has 0 bridgehead atoms. The second-order valence-electron chi connectivity index (χ2n) is 4.79. The molecule has 1 aromatic rings. The van der Waals surface area contributed by atoms with E-state index in [4.69, 9.17) is 0 Å². The van der Waals surface area contributed by atoms with Gasteiger partial charge in [-0.2, -0.15) is 0 Å². The molecule has 0 amide bonds. The van der Waals surface area contributed by atoms with Crippen LogP contribution >= 0.6 is 0 Å². The Morgan fingerprint density at radius 1 is 1.37 bits per heavy atom. The standard InChI is InChI=1S/C14H23N5/c1-4-19(5-2)13-7-6-12(9-15-13)10-17-14-16-8-11(3)18-14/h6-7,9,11H,4-5,8,10H2,1-3H3,(H2,16,17,18). The molecule has 19 heavy (non-hydrogen) atoms. The smallest absolute Gasteiger partial charge is 0.191 e. The molecule has 0 aliphatic carbocycles. The van der Waals surface area contributed by atoms with Gasteiger partial charge in [0.2, 0.25) is 0 Å². The van der Waals surface area contributed by atoms with E-state index in [0.717, 1.165) is 38.0 Å². The summed E-state index contributed by atoms with van der Waals surface area (Å²) in [5.74, 6) is 1.93. The van der Waals surface area contributed by atoms with E-state index in [1.807, 2.05) is 6.20 Å². The Bertz CT molecular complexity index is 422. The third kappa shape index (κ3) is 3.59. The van der Waals surface area contributed by atoms with Crippen LogP contribution in [0.3, 0.4) is 0 Å². The Morgan fingerprint density at radius 3 is 2.68 bits per heavy atom. The van der Waals surface area contributed by atoms with Gasteiger partial charge in [-0.3, -0.25) is 4.99 Å². The van der Waals surface area contributed by atoms with Crippen LogP contribution in [-0.2, 0) is 6.54 Å². The van der Waals surface area contributed by atoms with Crippen molar-refractivity contribution >= 4 is 11.8 Å². The largest absolute Gasteiger partial charge is 0.357 e. The molecule has 0 radical (unpaired) electrons. The number of rotatable bonds is 5.